The molecule has 0 unspecified atom stereocenters. The topological polar surface area (TPSA) is 51.2 Å². The summed E-state index contributed by atoms with van der Waals surface area (Å²) < 4.78 is 15.9. The molecule has 22 heavy (non-hydrogen) atoms. The molecule has 0 aliphatic carbocycles. The quantitative estimate of drug-likeness (QED) is 0.804. The summed E-state index contributed by atoms with van der Waals surface area (Å²) in [5.74, 6) is 1.54. The Balaban J connectivity index is 1.85. The van der Waals surface area contributed by atoms with Crippen LogP contribution in [-0.4, -0.2) is 63.0 Å². The molecule has 1 aliphatic heterocycles. The van der Waals surface area contributed by atoms with Gasteiger partial charge in [0.1, 0.15) is 6.61 Å². The maximum absolute atomic E-state index is 12.0. The molecule has 1 aromatic rings. The first-order chi connectivity index (χ1) is 10.5. The van der Waals surface area contributed by atoms with Crippen molar-refractivity contribution in [2.24, 2.45) is 0 Å². The maximum Gasteiger partial charge on any atom is 0.409 e. The Morgan fingerprint density at radius 3 is 2.73 bits per heavy atom. The highest BCUT2D eigenvalue weighted by atomic mass is 16.7. The van der Waals surface area contributed by atoms with Crippen molar-refractivity contribution in [2.75, 3.05) is 41.1 Å². The fourth-order valence-corrected chi connectivity index (χ4v) is 2.14. The summed E-state index contributed by atoms with van der Waals surface area (Å²) in [5.41, 5.74) is 1.10. The first-order valence-electron chi connectivity index (χ1n) is 7.40. The number of carbonyl (C=O) groups is 1. The molecular weight excluding hydrogens is 284 g/mol. The Bertz CT molecular complexity index is 519. The van der Waals surface area contributed by atoms with E-state index in [0.29, 0.717) is 6.61 Å². The summed E-state index contributed by atoms with van der Waals surface area (Å²) in [4.78, 5) is 15.6. The Kier molecular flexibility index (Phi) is 5.49. The fourth-order valence-electron chi connectivity index (χ4n) is 2.14. The summed E-state index contributed by atoms with van der Waals surface area (Å²) >= 11 is 0. The standard InChI is InChI=1S/C16H24N2O4/c1-12(18(4)16(19)20-8-7-17(2)3)9-13-5-6-14-15(10-13)22-11-21-14/h5-6,10,12H,7-9,11H2,1-4H3/t12-/m1/s1. The summed E-state index contributed by atoms with van der Waals surface area (Å²) in [6.45, 7) is 3.38. The van der Waals surface area contributed by atoms with Crippen LogP contribution in [0.25, 0.3) is 0 Å². The van der Waals surface area contributed by atoms with Crippen LogP contribution >= 0.6 is 0 Å². The van der Waals surface area contributed by atoms with Gasteiger partial charge < -0.3 is 24.0 Å². The van der Waals surface area contributed by atoms with Crippen molar-refractivity contribution in [2.45, 2.75) is 19.4 Å². The van der Waals surface area contributed by atoms with E-state index >= 15 is 0 Å². The van der Waals surface area contributed by atoms with Gasteiger partial charge in [-0.05, 0) is 45.1 Å². The van der Waals surface area contributed by atoms with Crippen LogP contribution in [0.15, 0.2) is 18.2 Å². The van der Waals surface area contributed by atoms with Gasteiger partial charge in [0.05, 0.1) is 0 Å². The molecule has 1 atom stereocenters. The zero-order chi connectivity index (χ0) is 16.1. The van der Waals surface area contributed by atoms with Crippen LogP contribution in [0.5, 0.6) is 11.5 Å². The van der Waals surface area contributed by atoms with Crippen molar-refractivity contribution in [3.63, 3.8) is 0 Å². The summed E-state index contributed by atoms with van der Waals surface area (Å²) in [6.07, 6.45) is 0.436. The largest absolute Gasteiger partial charge is 0.454 e. The van der Waals surface area contributed by atoms with Crippen LogP contribution in [0.1, 0.15) is 12.5 Å². The molecule has 122 valence electrons. The number of likely N-dealkylation sites (N-methyl/N-ethyl adjacent to an activating group) is 2. The number of rotatable bonds is 6. The van der Waals surface area contributed by atoms with Crippen LogP contribution in [0.2, 0.25) is 0 Å². The van der Waals surface area contributed by atoms with Crippen molar-refractivity contribution in [1.82, 2.24) is 9.80 Å². The smallest absolute Gasteiger partial charge is 0.409 e. The first kappa shape index (κ1) is 16.4. The second-order valence-electron chi connectivity index (χ2n) is 5.77. The van der Waals surface area contributed by atoms with Gasteiger partial charge in [-0.25, -0.2) is 4.79 Å². The van der Waals surface area contributed by atoms with E-state index in [4.69, 9.17) is 14.2 Å². The second-order valence-corrected chi connectivity index (χ2v) is 5.77. The first-order valence-corrected chi connectivity index (χ1v) is 7.40. The van der Waals surface area contributed by atoms with E-state index in [0.717, 1.165) is 30.0 Å². The highest BCUT2D eigenvalue weighted by molar-refractivity contribution is 5.67. The molecule has 1 aliphatic rings. The molecule has 6 heteroatoms. The maximum atomic E-state index is 12.0. The Hall–Kier alpha value is -1.95. The number of hydrogen-bond donors (Lipinski definition) is 0. The zero-order valence-electron chi connectivity index (χ0n) is 13.7. The van der Waals surface area contributed by atoms with Gasteiger partial charge in [0.2, 0.25) is 6.79 Å². The average Bonchev–Trinajstić information content (AvgIpc) is 2.93. The predicted octanol–water partition coefficient (Wildman–Crippen LogP) is 1.98. The van der Waals surface area contributed by atoms with Crippen LogP contribution in [0.3, 0.4) is 0 Å². The lowest BCUT2D eigenvalue weighted by Gasteiger charge is -2.24. The SMILES string of the molecule is C[C@H](Cc1ccc2c(c1)OCO2)N(C)C(=O)OCCN(C)C. The van der Waals surface area contributed by atoms with Crippen molar-refractivity contribution < 1.29 is 19.0 Å². The van der Waals surface area contributed by atoms with E-state index in [2.05, 4.69) is 0 Å². The zero-order valence-corrected chi connectivity index (χ0v) is 13.7. The number of benzene rings is 1. The molecule has 1 aromatic carbocycles. The van der Waals surface area contributed by atoms with Gasteiger partial charge in [0.25, 0.3) is 0 Å². The number of carbonyl (C=O) groups excluding carboxylic acids is 1. The molecule has 0 bridgehead atoms. The molecule has 2 rings (SSSR count). The van der Waals surface area contributed by atoms with Gasteiger partial charge in [0, 0.05) is 19.6 Å². The van der Waals surface area contributed by atoms with Crippen molar-refractivity contribution >= 4 is 6.09 Å². The Morgan fingerprint density at radius 2 is 2.00 bits per heavy atom. The molecule has 0 fully saturated rings. The highest BCUT2D eigenvalue weighted by Gasteiger charge is 2.19. The number of hydrogen-bond acceptors (Lipinski definition) is 5. The van der Waals surface area contributed by atoms with Gasteiger partial charge in [0.15, 0.2) is 11.5 Å². The molecular formula is C16H24N2O4. The van der Waals surface area contributed by atoms with Gasteiger partial charge in [-0.2, -0.15) is 0 Å². The molecule has 0 N–H and O–H groups in total. The number of amides is 1. The second kappa shape index (κ2) is 7.35. The summed E-state index contributed by atoms with van der Waals surface area (Å²) in [6, 6.07) is 5.89. The van der Waals surface area contributed by atoms with E-state index in [1.165, 1.54) is 0 Å². The Morgan fingerprint density at radius 1 is 1.27 bits per heavy atom. The van der Waals surface area contributed by atoms with Gasteiger partial charge in [-0.1, -0.05) is 6.07 Å². The number of fused-ring (bicyclic) bond motifs is 1. The van der Waals surface area contributed by atoms with Gasteiger partial charge >= 0.3 is 6.09 Å². The van der Waals surface area contributed by atoms with Crippen molar-refractivity contribution in [3.8, 4) is 11.5 Å². The minimum absolute atomic E-state index is 0.0345. The molecule has 0 saturated heterocycles. The molecule has 6 nitrogen and oxygen atoms in total. The number of nitrogens with zero attached hydrogens (tertiary/aromatic N) is 2. The van der Waals surface area contributed by atoms with Gasteiger partial charge in [-0.3, -0.25) is 0 Å². The number of ether oxygens (including phenoxy) is 3. The van der Waals surface area contributed by atoms with Crippen LogP contribution in [0.4, 0.5) is 4.79 Å². The summed E-state index contributed by atoms with van der Waals surface area (Å²) in [7, 11) is 5.65. The third-order valence-electron chi connectivity index (χ3n) is 3.68. The molecule has 0 radical (unpaired) electrons. The minimum atomic E-state index is -0.296. The van der Waals surface area contributed by atoms with E-state index in [9.17, 15) is 4.79 Å². The normalized spacial score (nSPS) is 14.0. The highest BCUT2D eigenvalue weighted by Crippen LogP contribution is 2.32. The lowest BCUT2D eigenvalue weighted by Crippen LogP contribution is -2.37. The Labute approximate surface area is 131 Å². The lowest BCUT2D eigenvalue weighted by atomic mass is 10.1. The van der Waals surface area contributed by atoms with Crippen LogP contribution in [-0.2, 0) is 11.2 Å². The molecule has 1 heterocycles. The fraction of sp³-hybridized carbons (Fsp3) is 0.562. The lowest BCUT2D eigenvalue weighted by molar-refractivity contribution is 0.0934. The van der Waals surface area contributed by atoms with Crippen molar-refractivity contribution in [3.05, 3.63) is 23.8 Å². The monoisotopic (exact) mass is 308 g/mol. The molecule has 0 saturated carbocycles. The average molecular weight is 308 g/mol. The summed E-state index contributed by atoms with van der Waals surface area (Å²) in [5, 5.41) is 0. The minimum Gasteiger partial charge on any atom is -0.454 e. The third kappa shape index (κ3) is 4.27. The van der Waals surface area contributed by atoms with Crippen LogP contribution < -0.4 is 9.47 Å². The van der Waals surface area contributed by atoms with E-state index < -0.39 is 0 Å². The molecule has 0 spiro atoms. The third-order valence-corrected chi connectivity index (χ3v) is 3.68. The van der Waals surface area contributed by atoms with E-state index in [1.54, 1.807) is 11.9 Å². The predicted molar refractivity (Wildman–Crippen MR) is 83.4 cm³/mol. The van der Waals surface area contributed by atoms with Crippen LogP contribution in [0, 0.1) is 0 Å². The van der Waals surface area contributed by atoms with E-state index in [1.807, 2.05) is 44.1 Å². The molecule has 1 amide bonds. The van der Waals surface area contributed by atoms with Gasteiger partial charge in [-0.15, -0.1) is 0 Å². The molecule has 0 aromatic heterocycles. The van der Waals surface area contributed by atoms with Crippen molar-refractivity contribution in [1.29, 1.82) is 0 Å². The van der Waals surface area contributed by atoms with E-state index in [-0.39, 0.29) is 18.9 Å².